The Morgan fingerprint density at radius 3 is 2.77 bits per heavy atom. The third-order valence-corrected chi connectivity index (χ3v) is 5.45. The van der Waals surface area contributed by atoms with Gasteiger partial charge in [0.25, 0.3) is 5.91 Å². The number of carbonyl (C=O) groups excluding carboxylic acids is 1. The molecule has 1 amide bonds. The van der Waals surface area contributed by atoms with Crippen LogP contribution in [0.1, 0.15) is 27.9 Å². The Bertz CT molecular complexity index is 846. The summed E-state index contributed by atoms with van der Waals surface area (Å²) in [6.45, 7) is 4.78. The Balaban J connectivity index is 1.52. The van der Waals surface area contributed by atoms with Crippen molar-refractivity contribution in [2.75, 3.05) is 40.3 Å². The molecule has 1 atom stereocenters. The van der Waals surface area contributed by atoms with Gasteiger partial charge in [-0.1, -0.05) is 0 Å². The Morgan fingerprint density at radius 1 is 1.38 bits per heavy atom. The number of amides is 1. The molecule has 0 saturated carbocycles. The van der Waals surface area contributed by atoms with Crippen LogP contribution >= 0.6 is 0 Å². The molecule has 2 fully saturated rings. The summed E-state index contributed by atoms with van der Waals surface area (Å²) in [6.07, 6.45) is 0. The van der Waals surface area contributed by atoms with E-state index in [0.717, 1.165) is 24.7 Å². The molecule has 1 N–H and O–H groups in total. The molecule has 7 nitrogen and oxygen atoms in total. The second kappa shape index (κ2) is 6.05. The van der Waals surface area contributed by atoms with Crippen molar-refractivity contribution in [1.29, 1.82) is 0 Å². The number of rotatable bonds is 3. The number of aromatic amines is 1. The van der Waals surface area contributed by atoms with E-state index in [4.69, 9.17) is 4.74 Å². The van der Waals surface area contributed by atoms with Gasteiger partial charge in [-0.15, -0.1) is 0 Å². The summed E-state index contributed by atoms with van der Waals surface area (Å²) >= 11 is 0. The first kappa shape index (κ1) is 17.0. The van der Waals surface area contributed by atoms with Crippen molar-refractivity contribution in [3.63, 3.8) is 0 Å². The number of aromatic nitrogens is 3. The number of nitrogens with one attached hydrogen (secondary N) is 1. The van der Waals surface area contributed by atoms with Crippen LogP contribution in [0.5, 0.6) is 5.75 Å². The summed E-state index contributed by atoms with van der Waals surface area (Å²) in [7, 11) is 3.53. The largest absolute Gasteiger partial charge is 0.497 e. The van der Waals surface area contributed by atoms with Crippen LogP contribution < -0.4 is 4.74 Å². The molecule has 0 radical (unpaired) electrons. The highest BCUT2D eigenvalue weighted by Gasteiger charge is 2.56. The quantitative estimate of drug-likeness (QED) is 0.897. The SMILES string of the molecule is COc1ccc(C(=O)N2CC3(CN(C)CC3c3n[nH]c(C)n3)C2)c(F)c1. The molecule has 3 heterocycles. The lowest BCUT2D eigenvalue weighted by Gasteiger charge is -2.50. The van der Waals surface area contributed by atoms with Gasteiger partial charge in [0.2, 0.25) is 0 Å². The summed E-state index contributed by atoms with van der Waals surface area (Å²) in [5.74, 6) is 1.32. The summed E-state index contributed by atoms with van der Waals surface area (Å²) in [5.41, 5.74) is 0.0134. The van der Waals surface area contributed by atoms with E-state index in [1.165, 1.54) is 19.2 Å². The van der Waals surface area contributed by atoms with Crippen LogP contribution in [0.4, 0.5) is 4.39 Å². The highest BCUT2D eigenvalue weighted by molar-refractivity contribution is 5.95. The number of halogens is 1. The highest BCUT2D eigenvalue weighted by atomic mass is 19.1. The fraction of sp³-hybridized carbons (Fsp3) is 0.500. The molecule has 26 heavy (non-hydrogen) atoms. The van der Waals surface area contributed by atoms with E-state index in [0.29, 0.717) is 18.8 Å². The van der Waals surface area contributed by atoms with E-state index >= 15 is 0 Å². The lowest BCUT2D eigenvalue weighted by molar-refractivity contribution is 0.00267. The number of nitrogens with zero attached hydrogens (tertiary/aromatic N) is 4. The minimum Gasteiger partial charge on any atom is -0.497 e. The van der Waals surface area contributed by atoms with Gasteiger partial charge in [-0.3, -0.25) is 9.89 Å². The molecule has 2 aliphatic rings. The standard InChI is InChI=1S/C18H22FN5O2/c1-11-20-16(22-21-11)14-7-23(2)8-18(14)9-24(10-18)17(25)13-5-4-12(26-3)6-15(13)19/h4-6,14H,7-10H2,1-3H3,(H,20,21,22). The number of hydrogen-bond acceptors (Lipinski definition) is 5. The minimum absolute atomic E-state index is 0.0675. The van der Waals surface area contributed by atoms with E-state index in [-0.39, 0.29) is 22.8 Å². The van der Waals surface area contributed by atoms with Crippen LogP contribution in [-0.2, 0) is 0 Å². The summed E-state index contributed by atoms with van der Waals surface area (Å²) in [6, 6.07) is 4.33. The van der Waals surface area contributed by atoms with Gasteiger partial charge in [-0.2, -0.15) is 5.10 Å². The van der Waals surface area contributed by atoms with Crippen LogP contribution in [0.2, 0.25) is 0 Å². The minimum atomic E-state index is -0.556. The van der Waals surface area contributed by atoms with Crippen molar-refractivity contribution < 1.29 is 13.9 Å². The van der Waals surface area contributed by atoms with Crippen molar-refractivity contribution in [1.82, 2.24) is 25.0 Å². The molecule has 138 valence electrons. The average molecular weight is 359 g/mol. The Labute approximate surface area is 151 Å². The first-order chi connectivity index (χ1) is 12.4. The zero-order valence-corrected chi connectivity index (χ0v) is 15.1. The molecule has 0 bridgehead atoms. The van der Waals surface area contributed by atoms with Crippen LogP contribution in [0.15, 0.2) is 18.2 Å². The molecule has 4 rings (SSSR count). The molecule has 8 heteroatoms. The molecule has 2 aromatic rings. The number of methoxy groups -OCH3 is 1. The molecule has 2 saturated heterocycles. The summed E-state index contributed by atoms with van der Waals surface area (Å²) < 4.78 is 19.2. The van der Waals surface area contributed by atoms with Crippen LogP contribution in [0.25, 0.3) is 0 Å². The van der Waals surface area contributed by atoms with E-state index in [1.807, 2.05) is 6.92 Å². The first-order valence-electron chi connectivity index (χ1n) is 8.62. The Morgan fingerprint density at radius 2 is 2.15 bits per heavy atom. The Kier molecular flexibility index (Phi) is 3.95. The van der Waals surface area contributed by atoms with Gasteiger partial charge in [-0.05, 0) is 26.1 Å². The Hall–Kier alpha value is -2.48. The molecule has 2 aliphatic heterocycles. The fourth-order valence-electron chi connectivity index (χ4n) is 4.23. The smallest absolute Gasteiger partial charge is 0.256 e. The zero-order valence-electron chi connectivity index (χ0n) is 15.1. The van der Waals surface area contributed by atoms with Gasteiger partial charge < -0.3 is 14.5 Å². The predicted octanol–water partition coefficient (Wildman–Crippen LogP) is 1.43. The van der Waals surface area contributed by atoms with Crippen molar-refractivity contribution in [2.45, 2.75) is 12.8 Å². The maximum atomic E-state index is 14.2. The number of H-pyrrole nitrogens is 1. The number of benzene rings is 1. The maximum Gasteiger partial charge on any atom is 0.256 e. The van der Waals surface area contributed by atoms with Crippen molar-refractivity contribution in [3.05, 3.63) is 41.2 Å². The monoisotopic (exact) mass is 359 g/mol. The van der Waals surface area contributed by atoms with Gasteiger partial charge in [-0.25, -0.2) is 9.37 Å². The van der Waals surface area contributed by atoms with E-state index < -0.39 is 5.82 Å². The molecule has 1 unspecified atom stereocenters. The van der Waals surface area contributed by atoms with Crippen LogP contribution in [0.3, 0.4) is 0 Å². The molecular formula is C18H22FN5O2. The highest BCUT2D eigenvalue weighted by Crippen LogP contribution is 2.48. The van der Waals surface area contributed by atoms with Crippen LogP contribution in [0, 0.1) is 18.2 Å². The van der Waals surface area contributed by atoms with Gasteiger partial charge in [0.1, 0.15) is 17.4 Å². The van der Waals surface area contributed by atoms with Gasteiger partial charge in [0.15, 0.2) is 5.82 Å². The lowest BCUT2D eigenvalue weighted by Crippen LogP contribution is -2.61. The molecule has 1 spiro atoms. The number of aryl methyl sites for hydroxylation is 1. The fourth-order valence-corrected chi connectivity index (χ4v) is 4.23. The van der Waals surface area contributed by atoms with Crippen molar-refractivity contribution >= 4 is 5.91 Å². The van der Waals surface area contributed by atoms with E-state index in [9.17, 15) is 9.18 Å². The molecule has 0 aliphatic carbocycles. The van der Waals surface area contributed by atoms with E-state index in [2.05, 4.69) is 27.1 Å². The topological polar surface area (TPSA) is 74.3 Å². The number of likely N-dealkylation sites (N-methyl/N-ethyl adjacent to an activating group) is 1. The summed E-state index contributed by atoms with van der Waals surface area (Å²) in [5, 5.41) is 7.23. The lowest BCUT2D eigenvalue weighted by atomic mass is 9.71. The maximum absolute atomic E-state index is 14.2. The second-order valence-electron chi connectivity index (χ2n) is 7.40. The third kappa shape index (κ3) is 2.65. The number of likely N-dealkylation sites (tertiary alicyclic amines) is 2. The normalized spacial score (nSPS) is 21.8. The second-order valence-corrected chi connectivity index (χ2v) is 7.40. The predicted molar refractivity (Wildman–Crippen MR) is 92.6 cm³/mol. The zero-order chi connectivity index (χ0) is 18.5. The van der Waals surface area contributed by atoms with Gasteiger partial charge >= 0.3 is 0 Å². The molecule has 1 aromatic carbocycles. The number of ether oxygens (including phenoxy) is 1. The number of hydrogen-bond donors (Lipinski definition) is 1. The summed E-state index contributed by atoms with van der Waals surface area (Å²) in [4.78, 5) is 21.2. The molecule has 1 aromatic heterocycles. The van der Waals surface area contributed by atoms with Crippen LogP contribution in [-0.4, -0.2) is 71.2 Å². The number of carbonyl (C=O) groups is 1. The average Bonchev–Trinajstić information content (AvgIpc) is 3.15. The third-order valence-electron chi connectivity index (χ3n) is 5.45. The van der Waals surface area contributed by atoms with Crippen molar-refractivity contribution in [2.24, 2.45) is 5.41 Å². The van der Waals surface area contributed by atoms with Crippen molar-refractivity contribution in [3.8, 4) is 5.75 Å². The van der Waals surface area contributed by atoms with Gasteiger partial charge in [0, 0.05) is 43.6 Å². The van der Waals surface area contributed by atoms with E-state index in [1.54, 1.807) is 11.0 Å². The molecular weight excluding hydrogens is 337 g/mol. The van der Waals surface area contributed by atoms with Gasteiger partial charge in [0.05, 0.1) is 12.7 Å². The first-order valence-corrected chi connectivity index (χ1v) is 8.62.